The normalized spacial score (nSPS) is 9.80. The first-order chi connectivity index (χ1) is 7.13. The Kier molecular flexibility index (Phi) is 4.72. The lowest BCUT2D eigenvalue weighted by Crippen LogP contribution is -2.25. The molecule has 0 aliphatic rings. The predicted molar refractivity (Wildman–Crippen MR) is 60.6 cm³/mol. The van der Waals surface area contributed by atoms with Crippen LogP contribution in [0.4, 0.5) is 4.79 Å². The number of nitrogens with one attached hydrogen (secondary N) is 1. The maximum atomic E-state index is 10.8. The molecule has 0 heterocycles. The molecule has 0 bridgehead atoms. The molecule has 0 saturated carbocycles. The molecule has 3 nitrogen and oxygen atoms in total. The minimum absolute atomic E-state index is 0.444. The Morgan fingerprint density at radius 3 is 2.80 bits per heavy atom. The molecule has 0 aliphatic carbocycles. The SMILES string of the molecule is COC(=O)NCCc1ccc(Cl)cc1Cl. The van der Waals surface area contributed by atoms with E-state index >= 15 is 0 Å². The lowest BCUT2D eigenvalue weighted by molar-refractivity contribution is 0.171. The fraction of sp³-hybridized carbons (Fsp3) is 0.300. The fourth-order valence-electron chi connectivity index (χ4n) is 1.10. The van der Waals surface area contributed by atoms with Crippen LogP contribution in [0.2, 0.25) is 10.0 Å². The molecule has 0 fully saturated rings. The highest BCUT2D eigenvalue weighted by atomic mass is 35.5. The number of carbonyl (C=O) groups is 1. The smallest absolute Gasteiger partial charge is 0.406 e. The van der Waals surface area contributed by atoms with E-state index in [1.165, 1.54) is 7.11 Å². The zero-order valence-electron chi connectivity index (χ0n) is 8.22. The Hall–Kier alpha value is -0.930. The summed E-state index contributed by atoms with van der Waals surface area (Å²) in [5.41, 5.74) is 0.942. The van der Waals surface area contributed by atoms with E-state index in [0.29, 0.717) is 23.0 Å². The molecule has 0 aliphatic heterocycles. The first kappa shape index (κ1) is 12.1. The van der Waals surface area contributed by atoms with Crippen LogP contribution in [0.5, 0.6) is 0 Å². The van der Waals surface area contributed by atoms with Crippen molar-refractivity contribution >= 4 is 29.3 Å². The molecule has 1 rings (SSSR count). The van der Waals surface area contributed by atoms with Crippen LogP contribution in [0.1, 0.15) is 5.56 Å². The predicted octanol–water partition coefficient (Wildman–Crippen LogP) is 2.89. The Balaban J connectivity index is 2.47. The first-order valence-corrected chi connectivity index (χ1v) is 5.15. The number of benzene rings is 1. The minimum Gasteiger partial charge on any atom is -0.453 e. The summed E-state index contributed by atoms with van der Waals surface area (Å²) in [6.07, 6.45) is 0.200. The summed E-state index contributed by atoms with van der Waals surface area (Å²) >= 11 is 11.7. The number of methoxy groups -OCH3 is 1. The van der Waals surface area contributed by atoms with E-state index in [0.717, 1.165) is 5.56 Å². The van der Waals surface area contributed by atoms with E-state index in [9.17, 15) is 4.79 Å². The van der Waals surface area contributed by atoms with Gasteiger partial charge in [-0.2, -0.15) is 0 Å². The second kappa shape index (κ2) is 5.83. The third-order valence-electron chi connectivity index (χ3n) is 1.86. The number of halogens is 2. The van der Waals surface area contributed by atoms with Crippen molar-refractivity contribution in [1.82, 2.24) is 5.32 Å². The minimum atomic E-state index is -0.444. The number of alkyl carbamates (subject to hydrolysis) is 1. The maximum Gasteiger partial charge on any atom is 0.406 e. The van der Waals surface area contributed by atoms with Gasteiger partial charge in [0.25, 0.3) is 0 Å². The molecule has 0 spiro atoms. The van der Waals surface area contributed by atoms with Crippen molar-refractivity contribution in [3.63, 3.8) is 0 Å². The van der Waals surface area contributed by atoms with Crippen molar-refractivity contribution in [1.29, 1.82) is 0 Å². The number of ether oxygens (including phenoxy) is 1. The molecular weight excluding hydrogens is 237 g/mol. The third kappa shape index (κ3) is 3.98. The van der Waals surface area contributed by atoms with Crippen molar-refractivity contribution in [2.24, 2.45) is 0 Å². The highest BCUT2D eigenvalue weighted by molar-refractivity contribution is 6.35. The largest absolute Gasteiger partial charge is 0.453 e. The topological polar surface area (TPSA) is 38.3 Å². The van der Waals surface area contributed by atoms with Crippen LogP contribution >= 0.6 is 23.2 Å². The van der Waals surface area contributed by atoms with E-state index in [1.807, 2.05) is 6.07 Å². The summed E-state index contributed by atoms with van der Waals surface area (Å²) in [6, 6.07) is 5.28. The molecule has 5 heteroatoms. The number of rotatable bonds is 3. The average Bonchev–Trinajstić information content (AvgIpc) is 2.21. The molecule has 15 heavy (non-hydrogen) atoms. The lowest BCUT2D eigenvalue weighted by atomic mass is 10.1. The standard InChI is InChI=1S/C10H11Cl2NO2/c1-15-10(14)13-5-4-7-2-3-8(11)6-9(7)12/h2-3,6H,4-5H2,1H3,(H,13,14). The summed E-state index contributed by atoms with van der Waals surface area (Å²) in [4.78, 5) is 10.8. The average molecular weight is 248 g/mol. The molecule has 82 valence electrons. The van der Waals surface area contributed by atoms with Crippen LogP contribution < -0.4 is 5.32 Å². The van der Waals surface area contributed by atoms with Gasteiger partial charge in [-0.05, 0) is 24.1 Å². The van der Waals surface area contributed by atoms with Crippen LogP contribution in [0.25, 0.3) is 0 Å². The van der Waals surface area contributed by atoms with Crippen LogP contribution in [0.3, 0.4) is 0 Å². The van der Waals surface area contributed by atoms with Gasteiger partial charge in [-0.3, -0.25) is 0 Å². The van der Waals surface area contributed by atoms with Crippen LogP contribution in [-0.4, -0.2) is 19.7 Å². The lowest BCUT2D eigenvalue weighted by Gasteiger charge is -2.05. The monoisotopic (exact) mass is 247 g/mol. The Morgan fingerprint density at radius 1 is 1.47 bits per heavy atom. The van der Waals surface area contributed by atoms with Crippen molar-refractivity contribution < 1.29 is 9.53 Å². The Labute approximate surface area is 98.3 Å². The summed E-state index contributed by atoms with van der Waals surface area (Å²) in [6.45, 7) is 0.480. The van der Waals surface area contributed by atoms with Gasteiger partial charge >= 0.3 is 6.09 Å². The number of hydrogen-bond donors (Lipinski definition) is 1. The molecule has 1 amide bonds. The van der Waals surface area contributed by atoms with Gasteiger partial charge in [0.15, 0.2) is 0 Å². The second-order valence-corrected chi connectivity index (χ2v) is 3.75. The molecule has 0 unspecified atom stereocenters. The van der Waals surface area contributed by atoms with E-state index in [-0.39, 0.29) is 0 Å². The molecular formula is C10H11Cl2NO2. The molecule has 1 N–H and O–H groups in total. The number of amides is 1. The van der Waals surface area contributed by atoms with Gasteiger partial charge < -0.3 is 10.1 Å². The first-order valence-electron chi connectivity index (χ1n) is 4.39. The molecule has 0 saturated heterocycles. The Morgan fingerprint density at radius 2 is 2.20 bits per heavy atom. The quantitative estimate of drug-likeness (QED) is 0.893. The van der Waals surface area contributed by atoms with Gasteiger partial charge in [0, 0.05) is 16.6 Å². The zero-order valence-corrected chi connectivity index (χ0v) is 9.73. The van der Waals surface area contributed by atoms with E-state index in [2.05, 4.69) is 10.1 Å². The molecule has 0 aromatic heterocycles. The number of carbonyl (C=O) groups excluding carboxylic acids is 1. The summed E-state index contributed by atoms with van der Waals surface area (Å²) in [5, 5.41) is 3.78. The van der Waals surface area contributed by atoms with Crippen LogP contribution in [0, 0.1) is 0 Å². The van der Waals surface area contributed by atoms with Crippen LogP contribution in [-0.2, 0) is 11.2 Å². The highest BCUT2D eigenvalue weighted by Gasteiger charge is 2.02. The van der Waals surface area contributed by atoms with Gasteiger partial charge in [0.05, 0.1) is 7.11 Å². The van der Waals surface area contributed by atoms with Crippen molar-refractivity contribution in [2.45, 2.75) is 6.42 Å². The van der Waals surface area contributed by atoms with Gasteiger partial charge in [0.1, 0.15) is 0 Å². The zero-order chi connectivity index (χ0) is 11.3. The van der Waals surface area contributed by atoms with Crippen LogP contribution in [0.15, 0.2) is 18.2 Å². The van der Waals surface area contributed by atoms with Gasteiger partial charge in [-0.1, -0.05) is 29.3 Å². The Bertz CT molecular complexity index is 355. The summed E-state index contributed by atoms with van der Waals surface area (Å²) in [7, 11) is 1.32. The van der Waals surface area contributed by atoms with Crippen molar-refractivity contribution in [3.8, 4) is 0 Å². The third-order valence-corrected chi connectivity index (χ3v) is 2.45. The van der Waals surface area contributed by atoms with Gasteiger partial charge in [0.2, 0.25) is 0 Å². The van der Waals surface area contributed by atoms with Gasteiger partial charge in [-0.15, -0.1) is 0 Å². The molecule has 1 aromatic rings. The van der Waals surface area contributed by atoms with Gasteiger partial charge in [-0.25, -0.2) is 4.79 Å². The van der Waals surface area contributed by atoms with E-state index in [4.69, 9.17) is 23.2 Å². The molecule has 0 atom stereocenters. The van der Waals surface area contributed by atoms with Crippen molar-refractivity contribution in [2.75, 3.05) is 13.7 Å². The van der Waals surface area contributed by atoms with E-state index < -0.39 is 6.09 Å². The molecule has 0 radical (unpaired) electrons. The maximum absolute atomic E-state index is 10.8. The fourth-order valence-corrected chi connectivity index (χ4v) is 1.60. The summed E-state index contributed by atoms with van der Waals surface area (Å²) < 4.78 is 4.43. The highest BCUT2D eigenvalue weighted by Crippen LogP contribution is 2.20. The van der Waals surface area contributed by atoms with Crippen molar-refractivity contribution in [3.05, 3.63) is 33.8 Å². The number of hydrogen-bond acceptors (Lipinski definition) is 2. The summed E-state index contributed by atoms with van der Waals surface area (Å²) in [5.74, 6) is 0. The second-order valence-electron chi connectivity index (χ2n) is 2.90. The molecule has 1 aromatic carbocycles. The van der Waals surface area contributed by atoms with E-state index in [1.54, 1.807) is 12.1 Å².